The van der Waals surface area contributed by atoms with Crippen LogP contribution in [0.25, 0.3) is 0 Å². The average molecular weight is 309 g/mol. The molecule has 0 fully saturated rings. The van der Waals surface area contributed by atoms with E-state index in [4.69, 9.17) is 14.9 Å². The molecule has 1 rings (SSSR count). The van der Waals surface area contributed by atoms with E-state index in [1.165, 1.54) is 0 Å². The monoisotopic (exact) mass is 309 g/mol. The number of hydrogen-bond donors (Lipinski definition) is 3. The van der Waals surface area contributed by atoms with E-state index in [2.05, 4.69) is 5.32 Å². The van der Waals surface area contributed by atoms with Gasteiger partial charge in [-0.1, -0.05) is 36.8 Å². The number of nitrogens with one attached hydrogen (secondary N) is 1. The van der Waals surface area contributed by atoms with Gasteiger partial charge in [0.1, 0.15) is 12.6 Å². The van der Waals surface area contributed by atoms with E-state index in [1.807, 2.05) is 6.07 Å². The fourth-order valence-electron chi connectivity index (χ4n) is 1.79. The normalized spacial score (nSPS) is 11.5. The highest BCUT2D eigenvalue weighted by molar-refractivity contribution is 5.79. The summed E-state index contributed by atoms with van der Waals surface area (Å²) in [6.45, 7) is 0.0536. The summed E-state index contributed by atoms with van der Waals surface area (Å²) in [5.41, 5.74) is 0.797. The third-order valence-corrected chi connectivity index (χ3v) is 2.94. The van der Waals surface area contributed by atoms with Gasteiger partial charge in [-0.05, 0) is 18.4 Å². The minimum absolute atomic E-state index is 0.0230. The summed E-state index contributed by atoms with van der Waals surface area (Å²) >= 11 is 0. The molecule has 120 valence electrons. The fraction of sp³-hybridized carbons (Fsp3) is 0.400. The summed E-state index contributed by atoms with van der Waals surface area (Å²) in [6.07, 6.45) is 0.0742. The van der Waals surface area contributed by atoms with Crippen LogP contribution >= 0.6 is 0 Å². The number of carboxylic acids is 2. The Kier molecular flexibility index (Phi) is 7.45. The molecule has 0 spiro atoms. The minimum atomic E-state index is -1.17. The zero-order valence-corrected chi connectivity index (χ0v) is 12.0. The van der Waals surface area contributed by atoms with Crippen molar-refractivity contribution in [3.8, 4) is 0 Å². The van der Waals surface area contributed by atoms with Crippen molar-refractivity contribution in [3.05, 3.63) is 35.9 Å². The van der Waals surface area contributed by atoms with Crippen molar-refractivity contribution in [2.75, 3.05) is 0 Å². The van der Waals surface area contributed by atoms with Crippen molar-refractivity contribution in [2.45, 2.75) is 38.3 Å². The molecule has 1 unspecified atom stereocenters. The lowest BCUT2D eigenvalue weighted by atomic mass is 10.1. The van der Waals surface area contributed by atoms with Gasteiger partial charge in [-0.3, -0.25) is 4.79 Å². The largest absolute Gasteiger partial charge is 0.481 e. The predicted octanol–water partition coefficient (Wildman–Crippen LogP) is 2.01. The molecule has 0 aromatic heterocycles. The van der Waals surface area contributed by atoms with Gasteiger partial charge in [0.2, 0.25) is 0 Å². The van der Waals surface area contributed by atoms with E-state index < -0.39 is 24.1 Å². The zero-order chi connectivity index (χ0) is 16.4. The lowest BCUT2D eigenvalue weighted by Crippen LogP contribution is -2.41. The van der Waals surface area contributed by atoms with Crippen molar-refractivity contribution in [1.82, 2.24) is 5.32 Å². The van der Waals surface area contributed by atoms with E-state index in [1.54, 1.807) is 24.3 Å². The number of benzene rings is 1. The summed E-state index contributed by atoms with van der Waals surface area (Å²) in [5, 5.41) is 19.8. The van der Waals surface area contributed by atoms with Crippen LogP contribution in [-0.2, 0) is 20.9 Å². The van der Waals surface area contributed by atoms with Crippen LogP contribution in [0.4, 0.5) is 4.79 Å². The molecule has 1 aromatic carbocycles. The van der Waals surface area contributed by atoms with Crippen molar-refractivity contribution in [1.29, 1.82) is 0 Å². The number of ether oxygens (including phenoxy) is 1. The summed E-state index contributed by atoms with van der Waals surface area (Å²) in [4.78, 5) is 33.0. The third kappa shape index (κ3) is 7.28. The Morgan fingerprint density at radius 2 is 1.77 bits per heavy atom. The summed E-state index contributed by atoms with van der Waals surface area (Å²) in [6, 6.07) is 7.93. The lowest BCUT2D eigenvalue weighted by Gasteiger charge is -2.14. The Labute approximate surface area is 127 Å². The Bertz CT molecular complexity index is 502. The second-order valence-electron chi connectivity index (χ2n) is 4.74. The second kappa shape index (κ2) is 9.38. The molecule has 22 heavy (non-hydrogen) atoms. The highest BCUT2D eigenvalue weighted by Gasteiger charge is 2.20. The molecule has 0 aliphatic carbocycles. The van der Waals surface area contributed by atoms with Crippen LogP contribution < -0.4 is 5.32 Å². The number of unbranched alkanes of at least 4 members (excludes halogenated alkanes) is 1. The fourth-order valence-corrected chi connectivity index (χ4v) is 1.79. The Balaban J connectivity index is 2.34. The maximum absolute atomic E-state index is 11.6. The molecule has 0 saturated carbocycles. The van der Waals surface area contributed by atoms with Gasteiger partial charge in [0.15, 0.2) is 0 Å². The number of amides is 1. The maximum atomic E-state index is 11.6. The van der Waals surface area contributed by atoms with Gasteiger partial charge in [-0.15, -0.1) is 0 Å². The molecule has 1 atom stereocenters. The molecule has 0 saturated heterocycles. The molecule has 7 nitrogen and oxygen atoms in total. The topological polar surface area (TPSA) is 113 Å². The van der Waals surface area contributed by atoms with E-state index in [-0.39, 0.29) is 19.4 Å². The molecule has 0 aliphatic rings. The van der Waals surface area contributed by atoms with Crippen molar-refractivity contribution >= 4 is 18.0 Å². The highest BCUT2D eigenvalue weighted by atomic mass is 16.5. The van der Waals surface area contributed by atoms with Crippen LogP contribution in [0.15, 0.2) is 30.3 Å². The van der Waals surface area contributed by atoms with Crippen LogP contribution in [0.5, 0.6) is 0 Å². The molecule has 0 radical (unpaired) electrons. The van der Waals surface area contributed by atoms with E-state index in [9.17, 15) is 14.4 Å². The number of hydrogen-bond acceptors (Lipinski definition) is 4. The predicted molar refractivity (Wildman–Crippen MR) is 77.3 cm³/mol. The first-order chi connectivity index (χ1) is 10.5. The number of carbonyl (C=O) groups is 3. The lowest BCUT2D eigenvalue weighted by molar-refractivity contribution is -0.139. The van der Waals surface area contributed by atoms with Crippen molar-refractivity contribution in [2.24, 2.45) is 0 Å². The molecule has 3 N–H and O–H groups in total. The summed E-state index contributed by atoms with van der Waals surface area (Å²) in [5.74, 6) is -2.10. The van der Waals surface area contributed by atoms with E-state index in [0.717, 1.165) is 5.56 Å². The number of carboxylic acid groups (broad SMARTS) is 2. The molecular formula is C15H19NO6. The van der Waals surface area contributed by atoms with E-state index >= 15 is 0 Å². The first-order valence-corrected chi connectivity index (χ1v) is 6.91. The smallest absolute Gasteiger partial charge is 0.408 e. The van der Waals surface area contributed by atoms with Gasteiger partial charge in [0.05, 0.1) is 0 Å². The highest BCUT2D eigenvalue weighted by Crippen LogP contribution is 2.06. The van der Waals surface area contributed by atoms with Gasteiger partial charge in [0.25, 0.3) is 0 Å². The van der Waals surface area contributed by atoms with Gasteiger partial charge in [-0.2, -0.15) is 0 Å². The second-order valence-corrected chi connectivity index (χ2v) is 4.74. The number of carbonyl (C=O) groups excluding carboxylic acids is 1. The van der Waals surface area contributed by atoms with Crippen LogP contribution in [0.3, 0.4) is 0 Å². The SMILES string of the molecule is O=C(O)CCCCC(NC(=O)OCc1ccccc1)C(=O)O. The van der Waals surface area contributed by atoms with Crippen molar-refractivity contribution in [3.63, 3.8) is 0 Å². The average Bonchev–Trinajstić information content (AvgIpc) is 2.48. The first kappa shape index (κ1) is 17.5. The zero-order valence-electron chi connectivity index (χ0n) is 12.0. The van der Waals surface area contributed by atoms with Crippen molar-refractivity contribution < 1.29 is 29.3 Å². The Hall–Kier alpha value is -2.57. The van der Waals surface area contributed by atoms with Crippen LogP contribution in [0.1, 0.15) is 31.2 Å². The minimum Gasteiger partial charge on any atom is -0.481 e. The molecule has 0 bridgehead atoms. The van der Waals surface area contributed by atoms with Gasteiger partial charge >= 0.3 is 18.0 Å². The number of rotatable bonds is 9. The Morgan fingerprint density at radius 3 is 2.36 bits per heavy atom. The van der Waals surface area contributed by atoms with Crippen LogP contribution in [0.2, 0.25) is 0 Å². The summed E-state index contributed by atoms with van der Waals surface area (Å²) < 4.78 is 4.95. The molecule has 0 aliphatic heterocycles. The summed E-state index contributed by atoms with van der Waals surface area (Å²) in [7, 11) is 0. The van der Waals surface area contributed by atoms with Crippen LogP contribution in [-0.4, -0.2) is 34.3 Å². The van der Waals surface area contributed by atoms with Crippen LogP contribution in [0, 0.1) is 0 Å². The number of aliphatic carboxylic acids is 2. The van der Waals surface area contributed by atoms with Gasteiger partial charge in [-0.25, -0.2) is 9.59 Å². The van der Waals surface area contributed by atoms with Gasteiger partial charge < -0.3 is 20.3 Å². The number of alkyl carbamates (subject to hydrolysis) is 1. The van der Waals surface area contributed by atoms with Gasteiger partial charge in [0, 0.05) is 6.42 Å². The first-order valence-electron chi connectivity index (χ1n) is 6.91. The molecule has 1 amide bonds. The molecule has 7 heteroatoms. The Morgan fingerprint density at radius 1 is 1.09 bits per heavy atom. The molecular weight excluding hydrogens is 290 g/mol. The van der Waals surface area contributed by atoms with E-state index in [0.29, 0.717) is 12.8 Å². The molecule has 1 aromatic rings. The standard InChI is InChI=1S/C15H19NO6/c17-13(18)9-5-4-8-12(14(19)20)16-15(21)22-10-11-6-2-1-3-7-11/h1-3,6-7,12H,4-5,8-10H2,(H,16,21)(H,17,18)(H,19,20). The molecule has 0 heterocycles. The maximum Gasteiger partial charge on any atom is 0.408 e. The quantitative estimate of drug-likeness (QED) is 0.601. The third-order valence-electron chi connectivity index (χ3n) is 2.94.